The molecule has 0 aromatic heterocycles. The first-order valence-corrected chi connectivity index (χ1v) is 15.7. The third-order valence-corrected chi connectivity index (χ3v) is 11.3. The fourth-order valence-corrected chi connectivity index (χ4v) is 7.99. The Bertz CT molecular complexity index is 1450. The Balaban J connectivity index is 1.65. The third-order valence-electron chi connectivity index (χ3n) is 11.3. The molecule has 8 nitrogen and oxygen atoms in total. The summed E-state index contributed by atoms with van der Waals surface area (Å²) in [5, 5.41) is 29.8. The Morgan fingerprint density at radius 3 is 1.98 bits per heavy atom. The Morgan fingerprint density at radius 2 is 1.37 bits per heavy atom. The van der Waals surface area contributed by atoms with Crippen molar-refractivity contribution in [3.8, 4) is 0 Å². The second-order valence-corrected chi connectivity index (χ2v) is 14.5. The van der Waals surface area contributed by atoms with Gasteiger partial charge in [-0.15, -0.1) is 0 Å². The van der Waals surface area contributed by atoms with Crippen LogP contribution in [0, 0.1) is 0 Å². The molecule has 1 aliphatic carbocycles. The average molecular weight is 591 g/mol. The summed E-state index contributed by atoms with van der Waals surface area (Å²) in [6.07, 6.45) is -0.664. The first-order valence-electron chi connectivity index (χ1n) is 15.7. The van der Waals surface area contributed by atoms with Gasteiger partial charge in [0.05, 0.1) is 12.2 Å². The molecule has 0 radical (unpaired) electrons. The predicted octanol–water partition coefficient (Wildman–Crippen LogP) is 5.21. The summed E-state index contributed by atoms with van der Waals surface area (Å²) in [6.45, 7) is 17.1. The van der Waals surface area contributed by atoms with Crippen molar-refractivity contribution >= 4 is 28.9 Å². The van der Waals surface area contributed by atoms with E-state index in [0.29, 0.717) is 24.6 Å². The number of nitrogens with zero attached hydrogens (tertiary/aromatic N) is 2. The SMILES string of the molecule is CC(=O)Nc1cc2c(cc1C1CCC(O)C(c3cc4c(cc3NC(C)=O)N(C)C(C)C4(C)C)C1O)C(C)(C)C(C)N(C)C2. The minimum absolute atomic E-state index is 0.142. The van der Waals surface area contributed by atoms with Gasteiger partial charge in [0.25, 0.3) is 0 Å². The minimum atomic E-state index is -0.939. The van der Waals surface area contributed by atoms with Gasteiger partial charge in [-0.05, 0) is 73.7 Å². The molecule has 4 N–H and O–H groups in total. The van der Waals surface area contributed by atoms with Crippen molar-refractivity contribution in [3.63, 3.8) is 0 Å². The molecule has 43 heavy (non-hydrogen) atoms. The number of hydrogen-bond donors (Lipinski definition) is 4. The molecule has 2 heterocycles. The van der Waals surface area contributed by atoms with E-state index in [-0.39, 0.29) is 34.6 Å². The monoisotopic (exact) mass is 590 g/mol. The van der Waals surface area contributed by atoms with E-state index in [0.717, 1.165) is 34.6 Å². The largest absolute Gasteiger partial charge is 0.392 e. The number of rotatable bonds is 4. The zero-order chi connectivity index (χ0) is 31.8. The highest BCUT2D eigenvalue weighted by Crippen LogP contribution is 2.52. The van der Waals surface area contributed by atoms with Crippen molar-refractivity contribution < 1.29 is 19.8 Å². The second-order valence-electron chi connectivity index (χ2n) is 14.5. The summed E-state index contributed by atoms with van der Waals surface area (Å²) in [5.41, 5.74) is 7.28. The van der Waals surface area contributed by atoms with Gasteiger partial charge in [-0.25, -0.2) is 0 Å². The van der Waals surface area contributed by atoms with Crippen molar-refractivity contribution in [3.05, 3.63) is 52.1 Å². The maximum atomic E-state index is 12.4. The Kier molecular flexibility index (Phi) is 7.98. The lowest BCUT2D eigenvalue weighted by molar-refractivity contribution is -0.115. The van der Waals surface area contributed by atoms with E-state index in [1.807, 2.05) is 6.07 Å². The highest BCUT2D eigenvalue weighted by molar-refractivity contribution is 5.92. The molecule has 0 bridgehead atoms. The molecule has 8 heteroatoms. The van der Waals surface area contributed by atoms with Crippen LogP contribution < -0.4 is 15.5 Å². The Labute approximate surface area is 256 Å². The number of nitrogens with one attached hydrogen (secondary N) is 2. The van der Waals surface area contributed by atoms with E-state index in [9.17, 15) is 19.8 Å². The van der Waals surface area contributed by atoms with Crippen LogP contribution in [0.2, 0.25) is 0 Å². The normalized spacial score (nSPS) is 29.5. The van der Waals surface area contributed by atoms with Crippen LogP contribution in [0.1, 0.15) is 108 Å². The first-order chi connectivity index (χ1) is 20.0. The highest BCUT2D eigenvalue weighted by atomic mass is 16.3. The van der Waals surface area contributed by atoms with Crippen molar-refractivity contribution in [1.82, 2.24) is 4.90 Å². The molecule has 2 amide bonds. The second kappa shape index (κ2) is 10.9. The van der Waals surface area contributed by atoms with Crippen LogP contribution in [-0.4, -0.2) is 65.3 Å². The van der Waals surface area contributed by atoms with Crippen LogP contribution in [0.4, 0.5) is 17.1 Å². The lowest BCUT2D eigenvalue weighted by atomic mass is 9.67. The predicted molar refractivity (Wildman–Crippen MR) is 173 cm³/mol. The molecule has 1 saturated carbocycles. The van der Waals surface area contributed by atoms with Crippen LogP contribution in [0.5, 0.6) is 0 Å². The van der Waals surface area contributed by atoms with Gasteiger partial charge in [0, 0.05) is 79.3 Å². The van der Waals surface area contributed by atoms with Gasteiger partial charge in [-0.2, -0.15) is 0 Å². The van der Waals surface area contributed by atoms with E-state index >= 15 is 0 Å². The molecule has 0 saturated heterocycles. The number of anilines is 3. The molecule has 5 rings (SSSR count). The third kappa shape index (κ3) is 5.15. The summed E-state index contributed by atoms with van der Waals surface area (Å²) < 4.78 is 0. The van der Waals surface area contributed by atoms with Crippen LogP contribution in [0.3, 0.4) is 0 Å². The number of carbonyl (C=O) groups excluding carboxylic acids is 2. The Hall–Kier alpha value is -2.94. The van der Waals surface area contributed by atoms with Gasteiger partial charge in [0.15, 0.2) is 0 Å². The number of fused-ring (bicyclic) bond motifs is 2. The Morgan fingerprint density at radius 1 is 0.814 bits per heavy atom. The van der Waals surface area contributed by atoms with Gasteiger partial charge < -0.3 is 25.7 Å². The highest BCUT2D eigenvalue weighted by Gasteiger charge is 2.46. The number of benzene rings is 2. The molecule has 1 fully saturated rings. The topological polar surface area (TPSA) is 105 Å². The summed E-state index contributed by atoms with van der Waals surface area (Å²) in [6, 6.07) is 8.92. The molecule has 234 valence electrons. The van der Waals surface area contributed by atoms with E-state index < -0.39 is 18.1 Å². The molecule has 6 unspecified atom stereocenters. The number of hydrogen-bond acceptors (Lipinski definition) is 6. The smallest absolute Gasteiger partial charge is 0.221 e. The summed E-state index contributed by atoms with van der Waals surface area (Å²) in [4.78, 5) is 29.3. The van der Waals surface area contributed by atoms with Crippen molar-refractivity contribution in [1.29, 1.82) is 0 Å². The van der Waals surface area contributed by atoms with E-state index in [2.05, 4.69) is 94.3 Å². The van der Waals surface area contributed by atoms with Crippen LogP contribution in [0.15, 0.2) is 24.3 Å². The van der Waals surface area contributed by atoms with Crippen LogP contribution in [-0.2, 0) is 27.0 Å². The van der Waals surface area contributed by atoms with Crippen molar-refractivity contribution in [2.75, 3.05) is 29.6 Å². The number of amides is 2. The number of likely N-dealkylation sites (N-methyl/N-ethyl adjacent to an activating group) is 2. The fraction of sp³-hybridized carbons (Fsp3) is 0.600. The quantitative estimate of drug-likeness (QED) is 0.390. The van der Waals surface area contributed by atoms with E-state index in [4.69, 9.17) is 0 Å². The van der Waals surface area contributed by atoms with Crippen LogP contribution in [0.25, 0.3) is 0 Å². The number of aliphatic hydroxyl groups excluding tert-OH is 2. The van der Waals surface area contributed by atoms with Gasteiger partial charge in [-0.1, -0.05) is 39.8 Å². The van der Waals surface area contributed by atoms with Gasteiger partial charge in [-0.3, -0.25) is 14.5 Å². The van der Waals surface area contributed by atoms with E-state index in [1.165, 1.54) is 25.0 Å². The summed E-state index contributed by atoms with van der Waals surface area (Å²) >= 11 is 0. The van der Waals surface area contributed by atoms with Gasteiger partial charge >= 0.3 is 0 Å². The zero-order valence-corrected chi connectivity index (χ0v) is 27.5. The standard InChI is InChI=1S/C35H50N4O4/c1-18-34(5,6)26-14-24(28(36-20(3)40)13-22(26)17-38(18)9)23-11-12-31(42)32(33(23)43)25-15-27-30(16-29(25)37-21(4)41)39(10)19(2)35(27,7)8/h13-16,18-19,23,31-33,42-43H,11-12,17H2,1-10H3,(H,36,40)(H,37,41). The maximum absolute atomic E-state index is 12.4. The van der Waals surface area contributed by atoms with Gasteiger partial charge in [0.1, 0.15) is 0 Å². The molecule has 6 atom stereocenters. The molecular weight excluding hydrogens is 540 g/mol. The van der Waals surface area contributed by atoms with E-state index in [1.54, 1.807) is 0 Å². The maximum Gasteiger partial charge on any atom is 0.221 e. The number of carbonyl (C=O) groups is 2. The van der Waals surface area contributed by atoms with Crippen molar-refractivity contribution in [2.45, 2.75) is 122 Å². The fourth-order valence-electron chi connectivity index (χ4n) is 7.99. The molecule has 2 aromatic carbocycles. The van der Waals surface area contributed by atoms with Crippen molar-refractivity contribution in [2.24, 2.45) is 0 Å². The van der Waals surface area contributed by atoms with Crippen LogP contribution >= 0.6 is 0 Å². The molecule has 0 spiro atoms. The zero-order valence-electron chi connectivity index (χ0n) is 27.5. The molecule has 2 aliphatic heterocycles. The lowest BCUT2D eigenvalue weighted by Crippen LogP contribution is -2.48. The average Bonchev–Trinajstić information content (AvgIpc) is 3.06. The lowest BCUT2D eigenvalue weighted by Gasteiger charge is -2.46. The first kappa shape index (κ1) is 31.5. The molecule has 2 aromatic rings. The molecular formula is C35H50N4O4. The summed E-state index contributed by atoms with van der Waals surface area (Å²) in [7, 11) is 4.19. The number of aliphatic hydroxyl groups is 2. The van der Waals surface area contributed by atoms with Gasteiger partial charge in [0.2, 0.25) is 11.8 Å². The molecule has 3 aliphatic rings. The minimum Gasteiger partial charge on any atom is -0.392 e. The summed E-state index contributed by atoms with van der Waals surface area (Å²) in [5.74, 6) is -1.30.